The zero-order valence-electron chi connectivity index (χ0n) is 9.90. The number of carbonyl (C=O) groups is 1. The quantitative estimate of drug-likeness (QED) is 0.805. The van der Waals surface area contributed by atoms with E-state index in [1.807, 2.05) is 12.1 Å². The van der Waals surface area contributed by atoms with E-state index in [9.17, 15) is 4.79 Å². The monoisotopic (exact) mass is 236 g/mol. The molecule has 0 saturated carbocycles. The van der Waals surface area contributed by atoms with Crippen LogP contribution in [0.2, 0.25) is 0 Å². The van der Waals surface area contributed by atoms with E-state index in [2.05, 4.69) is 5.32 Å². The molecule has 2 atom stereocenters. The van der Waals surface area contributed by atoms with Crippen LogP contribution in [0.1, 0.15) is 18.0 Å². The Hall–Kier alpha value is -1.75. The van der Waals surface area contributed by atoms with E-state index >= 15 is 0 Å². The lowest BCUT2D eigenvalue weighted by atomic mass is 10.0. The molecule has 0 bridgehead atoms. The standard InChI is InChI=1S/C12H16N2O3/c1-16-7-3-4-8(10(5-7)17-2)12-9(13)6-11(15)14-12/h3-5,9,12H,6,13H2,1-2H3,(H,14,15). The molecule has 0 aromatic heterocycles. The number of nitrogens with one attached hydrogen (secondary N) is 1. The number of rotatable bonds is 3. The fraction of sp³-hybridized carbons (Fsp3) is 0.417. The van der Waals surface area contributed by atoms with Crippen LogP contribution in [0.25, 0.3) is 0 Å². The molecule has 1 aromatic rings. The van der Waals surface area contributed by atoms with Crippen molar-refractivity contribution in [3.63, 3.8) is 0 Å². The Labute approximate surface area is 99.9 Å². The van der Waals surface area contributed by atoms with Gasteiger partial charge < -0.3 is 20.5 Å². The molecule has 5 nitrogen and oxygen atoms in total. The van der Waals surface area contributed by atoms with Gasteiger partial charge in [0.2, 0.25) is 5.91 Å². The minimum atomic E-state index is -0.218. The van der Waals surface area contributed by atoms with Crippen LogP contribution in [0.15, 0.2) is 18.2 Å². The third kappa shape index (κ3) is 2.19. The second kappa shape index (κ2) is 4.63. The van der Waals surface area contributed by atoms with Crippen LogP contribution in [-0.4, -0.2) is 26.2 Å². The van der Waals surface area contributed by atoms with Crippen molar-refractivity contribution in [3.05, 3.63) is 23.8 Å². The Balaban J connectivity index is 2.34. The van der Waals surface area contributed by atoms with E-state index in [0.29, 0.717) is 17.9 Å². The molecular weight excluding hydrogens is 220 g/mol. The van der Waals surface area contributed by atoms with Gasteiger partial charge in [0, 0.05) is 24.1 Å². The number of methoxy groups -OCH3 is 2. The normalized spacial score (nSPS) is 23.4. The van der Waals surface area contributed by atoms with E-state index in [1.54, 1.807) is 20.3 Å². The number of benzene rings is 1. The second-order valence-corrected chi connectivity index (χ2v) is 4.02. The fourth-order valence-electron chi connectivity index (χ4n) is 2.06. The lowest BCUT2D eigenvalue weighted by Gasteiger charge is -2.19. The highest BCUT2D eigenvalue weighted by Gasteiger charge is 2.32. The van der Waals surface area contributed by atoms with Gasteiger partial charge in [-0.1, -0.05) is 0 Å². The Morgan fingerprint density at radius 1 is 1.35 bits per heavy atom. The van der Waals surface area contributed by atoms with E-state index in [1.165, 1.54) is 0 Å². The molecule has 1 fully saturated rings. The Bertz CT molecular complexity index is 434. The highest BCUT2D eigenvalue weighted by atomic mass is 16.5. The Kier molecular flexibility index (Phi) is 3.19. The average Bonchev–Trinajstić information content (AvgIpc) is 2.67. The van der Waals surface area contributed by atoms with Gasteiger partial charge in [-0.3, -0.25) is 4.79 Å². The van der Waals surface area contributed by atoms with Crippen molar-refractivity contribution < 1.29 is 14.3 Å². The fourth-order valence-corrected chi connectivity index (χ4v) is 2.06. The molecule has 5 heteroatoms. The zero-order valence-corrected chi connectivity index (χ0v) is 9.90. The predicted octanol–water partition coefficient (Wildman–Crippen LogP) is 0.592. The van der Waals surface area contributed by atoms with Crippen molar-refractivity contribution in [2.75, 3.05) is 14.2 Å². The molecule has 2 unspecified atom stereocenters. The summed E-state index contributed by atoms with van der Waals surface area (Å²) >= 11 is 0. The number of carbonyl (C=O) groups excluding carboxylic acids is 1. The maximum atomic E-state index is 11.3. The molecule has 1 heterocycles. The molecule has 1 amide bonds. The highest BCUT2D eigenvalue weighted by Crippen LogP contribution is 2.33. The molecular formula is C12H16N2O3. The van der Waals surface area contributed by atoms with Gasteiger partial charge in [0.1, 0.15) is 11.5 Å². The van der Waals surface area contributed by atoms with Crippen molar-refractivity contribution in [2.45, 2.75) is 18.5 Å². The molecule has 1 saturated heterocycles. The van der Waals surface area contributed by atoms with Crippen LogP contribution in [0, 0.1) is 0 Å². The van der Waals surface area contributed by atoms with Gasteiger partial charge in [0.05, 0.1) is 20.3 Å². The molecule has 92 valence electrons. The van der Waals surface area contributed by atoms with Crippen molar-refractivity contribution >= 4 is 5.91 Å². The first-order valence-electron chi connectivity index (χ1n) is 5.42. The third-order valence-corrected chi connectivity index (χ3v) is 2.94. The van der Waals surface area contributed by atoms with E-state index in [4.69, 9.17) is 15.2 Å². The van der Waals surface area contributed by atoms with Gasteiger partial charge in [0.15, 0.2) is 0 Å². The summed E-state index contributed by atoms with van der Waals surface area (Å²) < 4.78 is 10.4. The van der Waals surface area contributed by atoms with Gasteiger partial charge in [-0.2, -0.15) is 0 Å². The maximum Gasteiger partial charge on any atom is 0.222 e. The first kappa shape index (κ1) is 11.7. The molecule has 3 N–H and O–H groups in total. The van der Waals surface area contributed by atoms with Gasteiger partial charge in [-0.25, -0.2) is 0 Å². The van der Waals surface area contributed by atoms with Gasteiger partial charge in [-0.05, 0) is 12.1 Å². The number of amides is 1. The Morgan fingerprint density at radius 2 is 2.12 bits per heavy atom. The number of hydrogen-bond acceptors (Lipinski definition) is 4. The summed E-state index contributed by atoms with van der Waals surface area (Å²) in [6.07, 6.45) is 0.347. The molecule has 0 spiro atoms. The van der Waals surface area contributed by atoms with Crippen molar-refractivity contribution in [2.24, 2.45) is 5.73 Å². The van der Waals surface area contributed by atoms with Crippen LogP contribution < -0.4 is 20.5 Å². The van der Waals surface area contributed by atoms with Gasteiger partial charge in [-0.15, -0.1) is 0 Å². The first-order valence-corrected chi connectivity index (χ1v) is 5.42. The first-order chi connectivity index (χ1) is 8.15. The highest BCUT2D eigenvalue weighted by molar-refractivity contribution is 5.80. The predicted molar refractivity (Wildman–Crippen MR) is 63.0 cm³/mol. The van der Waals surface area contributed by atoms with E-state index in [0.717, 1.165) is 5.56 Å². The third-order valence-electron chi connectivity index (χ3n) is 2.94. The smallest absolute Gasteiger partial charge is 0.222 e. The number of hydrogen-bond donors (Lipinski definition) is 2. The van der Waals surface area contributed by atoms with E-state index < -0.39 is 0 Å². The Morgan fingerprint density at radius 3 is 2.65 bits per heavy atom. The SMILES string of the molecule is COc1ccc(C2NC(=O)CC2N)c(OC)c1. The average molecular weight is 236 g/mol. The number of nitrogens with two attached hydrogens (primary N) is 1. The molecule has 0 aliphatic carbocycles. The summed E-state index contributed by atoms with van der Waals surface area (Å²) in [5.74, 6) is 1.36. The summed E-state index contributed by atoms with van der Waals surface area (Å²) in [7, 11) is 3.18. The van der Waals surface area contributed by atoms with Crippen LogP contribution >= 0.6 is 0 Å². The summed E-state index contributed by atoms with van der Waals surface area (Å²) in [6, 6.07) is 5.07. The van der Waals surface area contributed by atoms with Gasteiger partial charge in [0.25, 0.3) is 0 Å². The van der Waals surface area contributed by atoms with Crippen molar-refractivity contribution in [1.29, 1.82) is 0 Å². The molecule has 0 radical (unpaired) electrons. The van der Waals surface area contributed by atoms with Crippen LogP contribution in [0.4, 0.5) is 0 Å². The largest absolute Gasteiger partial charge is 0.497 e. The summed E-state index contributed by atoms with van der Waals surface area (Å²) in [4.78, 5) is 11.3. The topological polar surface area (TPSA) is 73.6 Å². The molecule has 1 aliphatic rings. The molecule has 2 rings (SSSR count). The van der Waals surface area contributed by atoms with Crippen LogP contribution in [0.3, 0.4) is 0 Å². The minimum absolute atomic E-state index is 0.0274. The van der Waals surface area contributed by atoms with Gasteiger partial charge >= 0.3 is 0 Å². The van der Waals surface area contributed by atoms with Crippen LogP contribution in [0.5, 0.6) is 11.5 Å². The van der Waals surface area contributed by atoms with Crippen LogP contribution in [-0.2, 0) is 4.79 Å². The second-order valence-electron chi connectivity index (χ2n) is 4.02. The molecule has 17 heavy (non-hydrogen) atoms. The summed E-state index contributed by atoms with van der Waals surface area (Å²) in [5, 5.41) is 2.85. The zero-order chi connectivity index (χ0) is 12.4. The minimum Gasteiger partial charge on any atom is -0.497 e. The maximum absolute atomic E-state index is 11.3. The lowest BCUT2D eigenvalue weighted by Crippen LogP contribution is -2.28. The number of ether oxygens (including phenoxy) is 2. The summed E-state index contributed by atoms with van der Waals surface area (Å²) in [6.45, 7) is 0. The van der Waals surface area contributed by atoms with Crippen molar-refractivity contribution in [1.82, 2.24) is 5.32 Å². The molecule has 1 aromatic carbocycles. The van der Waals surface area contributed by atoms with E-state index in [-0.39, 0.29) is 18.0 Å². The van der Waals surface area contributed by atoms with Crippen molar-refractivity contribution in [3.8, 4) is 11.5 Å². The lowest BCUT2D eigenvalue weighted by molar-refractivity contribution is -0.119. The molecule has 1 aliphatic heterocycles. The summed E-state index contributed by atoms with van der Waals surface area (Å²) in [5.41, 5.74) is 6.81.